The molecule has 1 N–H and O–H groups in total. The lowest BCUT2D eigenvalue weighted by Gasteiger charge is -2.13. The minimum absolute atomic E-state index is 0.225. The van der Waals surface area contributed by atoms with Gasteiger partial charge in [0.2, 0.25) is 0 Å². The summed E-state index contributed by atoms with van der Waals surface area (Å²) in [4.78, 5) is 0. The van der Waals surface area contributed by atoms with Crippen molar-refractivity contribution in [3.05, 3.63) is 34.9 Å². The molecule has 0 amide bonds. The van der Waals surface area contributed by atoms with Gasteiger partial charge in [-0.15, -0.1) is 0 Å². The van der Waals surface area contributed by atoms with Crippen molar-refractivity contribution < 1.29 is 13.5 Å². The Morgan fingerprint density at radius 1 is 1.33 bits per heavy atom. The lowest BCUT2D eigenvalue weighted by atomic mass is 10.0. The van der Waals surface area contributed by atoms with Crippen LogP contribution in [0.4, 0.5) is 0 Å². The van der Waals surface area contributed by atoms with E-state index in [1.54, 1.807) is 6.07 Å². The molecule has 0 spiro atoms. The second-order valence-corrected chi connectivity index (χ2v) is 6.15. The van der Waals surface area contributed by atoms with Crippen LogP contribution >= 0.6 is 0 Å². The van der Waals surface area contributed by atoms with Gasteiger partial charge in [-0.05, 0) is 25.0 Å². The number of rotatable bonds is 3. The van der Waals surface area contributed by atoms with Crippen LogP contribution in [-0.4, -0.2) is 25.5 Å². The zero-order valence-corrected chi connectivity index (χ0v) is 10.0. The smallest absolute Gasteiger partial charge is 0.150 e. The third-order valence-electron chi connectivity index (χ3n) is 2.24. The number of sulfone groups is 1. The summed E-state index contributed by atoms with van der Waals surface area (Å²) in [6, 6.07) is 5.58. The average molecular weight is 228 g/mol. The first-order valence-corrected chi connectivity index (χ1v) is 6.78. The minimum Gasteiger partial charge on any atom is -0.387 e. The van der Waals surface area contributed by atoms with Crippen LogP contribution in [0.3, 0.4) is 0 Å². The molecule has 0 radical (unpaired) electrons. The molecule has 1 aromatic carbocycles. The van der Waals surface area contributed by atoms with E-state index in [1.165, 1.54) is 0 Å². The molecule has 0 aliphatic heterocycles. The molecule has 1 aromatic rings. The molecular formula is C11H16O3S. The van der Waals surface area contributed by atoms with Crippen molar-refractivity contribution >= 4 is 9.84 Å². The molecule has 15 heavy (non-hydrogen) atoms. The van der Waals surface area contributed by atoms with Gasteiger partial charge >= 0.3 is 0 Å². The fourth-order valence-corrected chi connectivity index (χ4v) is 2.33. The topological polar surface area (TPSA) is 54.4 Å². The van der Waals surface area contributed by atoms with E-state index < -0.39 is 15.9 Å². The molecule has 0 fully saturated rings. The van der Waals surface area contributed by atoms with Crippen LogP contribution in [0.25, 0.3) is 0 Å². The van der Waals surface area contributed by atoms with Crippen LogP contribution in [-0.2, 0) is 9.84 Å². The Morgan fingerprint density at radius 3 is 2.40 bits per heavy atom. The molecule has 0 bridgehead atoms. The van der Waals surface area contributed by atoms with Crippen LogP contribution in [0.1, 0.15) is 22.8 Å². The van der Waals surface area contributed by atoms with Gasteiger partial charge in [0.25, 0.3) is 0 Å². The summed E-state index contributed by atoms with van der Waals surface area (Å²) < 4.78 is 22.1. The first-order valence-electron chi connectivity index (χ1n) is 4.72. The summed E-state index contributed by atoms with van der Waals surface area (Å²) in [5, 5.41) is 9.75. The molecule has 84 valence electrons. The van der Waals surface area contributed by atoms with E-state index in [4.69, 9.17) is 0 Å². The van der Waals surface area contributed by atoms with Crippen molar-refractivity contribution in [2.24, 2.45) is 0 Å². The van der Waals surface area contributed by atoms with Gasteiger partial charge in [-0.2, -0.15) is 0 Å². The largest absolute Gasteiger partial charge is 0.387 e. The van der Waals surface area contributed by atoms with Gasteiger partial charge in [-0.25, -0.2) is 8.42 Å². The van der Waals surface area contributed by atoms with Crippen LogP contribution in [0.5, 0.6) is 0 Å². The SMILES string of the molecule is Cc1ccc(C(O)CS(C)(=O)=O)c(C)c1. The molecule has 1 unspecified atom stereocenters. The highest BCUT2D eigenvalue weighted by Crippen LogP contribution is 2.19. The molecule has 0 aliphatic carbocycles. The van der Waals surface area contributed by atoms with E-state index >= 15 is 0 Å². The van der Waals surface area contributed by atoms with Crippen molar-refractivity contribution in [2.45, 2.75) is 20.0 Å². The number of hydrogen-bond acceptors (Lipinski definition) is 3. The highest BCUT2D eigenvalue weighted by atomic mass is 32.2. The Morgan fingerprint density at radius 2 is 1.93 bits per heavy atom. The number of aliphatic hydroxyl groups is 1. The Balaban J connectivity index is 2.97. The zero-order valence-electron chi connectivity index (χ0n) is 9.19. The molecule has 0 saturated carbocycles. The van der Waals surface area contributed by atoms with Gasteiger partial charge in [0.15, 0.2) is 0 Å². The van der Waals surface area contributed by atoms with Crippen molar-refractivity contribution in [2.75, 3.05) is 12.0 Å². The maximum Gasteiger partial charge on any atom is 0.150 e. The molecular weight excluding hydrogens is 212 g/mol. The molecule has 3 nitrogen and oxygen atoms in total. The van der Waals surface area contributed by atoms with Gasteiger partial charge in [0, 0.05) is 6.26 Å². The maximum atomic E-state index is 11.0. The summed E-state index contributed by atoms with van der Waals surface area (Å²) >= 11 is 0. The monoisotopic (exact) mass is 228 g/mol. The highest BCUT2D eigenvalue weighted by molar-refractivity contribution is 7.90. The van der Waals surface area contributed by atoms with Gasteiger partial charge in [-0.3, -0.25) is 0 Å². The normalized spacial score (nSPS) is 13.9. The molecule has 4 heteroatoms. The third-order valence-corrected chi connectivity index (χ3v) is 3.17. The van der Waals surface area contributed by atoms with Crippen LogP contribution in [0.15, 0.2) is 18.2 Å². The van der Waals surface area contributed by atoms with Gasteiger partial charge in [-0.1, -0.05) is 23.8 Å². The second kappa shape index (κ2) is 4.33. The lowest BCUT2D eigenvalue weighted by molar-refractivity contribution is 0.201. The van der Waals surface area contributed by atoms with Gasteiger partial charge in [0.1, 0.15) is 9.84 Å². The summed E-state index contributed by atoms with van der Waals surface area (Å²) in [6.07, 6.45) is 0.195. The van der Waals surface area contributed by atoms with Gasteiger partial charge < -0.3 is 5.11 Å². The first-order chi connectivity index (χ1) is 6.79. The van der Waals surface area contributed by atoms with Crippen molar-refractivity contribution in [3.8, 4) is 0 Å². The van der Waals surface area contributed by atoms with Crippen molar-refractivity contribution in [1.29, 1.82) is 0 Å². The summed E-state index contributed by atoms with van der Waals surface area (Å²) in [7, 11) is -3.15. The third kappa shape index (κ3) is 3.64. The quantitative estimate of drug-likeness (QED) is 0.850. The van der Waals surface area contributed by atoms with Crippen LogP contribution in [0, 0.1) is 13.8 Å². The molecule has 0 aromatic heterocycles. The molecule has 0 aliphatic rings. The molecule has 1 rings (SSSR count). The van der Waals surface area contributed by atoms with Crippen molar-refractivity contribution in [1.82, 2.24) is 0 Å². The summed E-state index contributed by atoms with van der Waals surface area (Å²) in [5.41, 5.74) is 2.71. The highest BCUT2D eigenvalue weighted by Gasteiger charge is 2.15. The van der Waals surface area contributed by atoms with E-state index in [0.29, 0.717) is 5.56 Å². The van der Waals surface area contributed by atoms with E-state index in [1.807, 2.05) is 26.0 Å². The summed E-state index contributed by atoms with van der Waals surface area (Å²) in [5.74, 6) is -0.225. The molecule has 1 atom stereocenters. The number of benzene rings is 1. The van der Waals surface area contributed by atoms with Crippen LogP contribution < -0.4 is 0 Å². The Hall–Kier alpha value is -0.870. The fourth-order valence-electron chi connectivity index (χ4n) is 1.58. The number of hydrogen-bond donors (Lipinski definition) is 1. The Kier molecular flexibility index (Phi) is 3.52. The standard InChI is InChI=1S/C11H16O3S/c1-8-4-5-10(9(2)6-8)11(12)7-15(3,13)14/h4-6,11-12H,7H2,1-3H3. The Bertz CT molecular complexity index is 449. The summed E-state index contributed by atoms with van der Waals surface area (Å²) in [6.45, 7) is 3.83. The minimum atomic E-state index is -3.15. The van der Waals surface area contributed by atoms with E-state index in [2.05, 4.69) is 0 Å². The second-order valence-electron chi connectivity index (χ2n) is 3.97. The fraction of sp³-hybridized carbons (Fsp3) is 0.455. The average Bonchev–Trinajstić information content (AvgIpc) is 1.99. The zero-order chi connectivity index (χ0) is 11.6. The predicted molar refractivity (Wildman–Crippen MR) is 60.6 cm³/mol. The van der Waals surface area contributed by atoms with E-state index in [0.717, 1.165) is 17.4 Å². The van der Waals surface area contributed by atoms with Crippen LogP contribution in [0.2, 0.25) is 0 Å². The van der Waals surface area contributed by atoms with E-state index in [9.17, 15) is 13.5 Å². The Labute approximate surface area is 90.7 Å². The van der Waals surface area contributed by atoms with Gasteiger partial charge in [0.05, 0.1) is 11.9 Å². The lowest BCUT2D eigenvalue weighted by Crippen LogP contribution is -2.13. The van der Waals surface area contributed by atoms with Crippen molar-refractivity contribution in [3.63, 3.8) is 0 Å². The predicted octanol–water partition coefficient (Wildman–Crippen LogP) is 1.38. The molecule has 0 saturated heterocycles. The maximum absolute atomic E-state index is 11.0. The number of aliphatic hydroxyl groups excluding tert-OH is 1. The first kappa shape index (κ1) is 12.2. The number of aryl methyl sites for hydroxylation is 2. The van der Waals surface area contributed by atoms with E-state index in [-0.39, 0.29) is 5.75 Å². The molecule has 0 heterocycles.